The van der Waals surface area contributed by atoms with Gasteiger partial charge >= 0.3 is 94.4 Å². The molecule has 0 saturated carbocycles. The minimum Gasteiger partial charge on any atom is -1.00 e. The van der Waals surface area contributed by atoms with Crippen LogP contribution in [0.25, 0.3) is 0 Å². The third kappa shape index (κ3) is 10.3. The molecule has 0 spiro atoms. The minimum absolute atomic E-state index is 0. The van der Waals surface area contributed by atoms with E-state index in [1.54, 1.807) is 0 Å². The van der Waals surface area contributed by atoms with Crippen LogP contribution < -0.4 is 0 Å². The Bertz CT molecular complexity index is 16.0. The van der Waals surface area contributed by atoms with Crippen LogP contribution in [0.15, 0.2) is 0 Å². The van der Waals surface area contributed by atoms with E-state index in [4.69, 9.17) is 0 Å². The Labute approximate surface area is 163 Å². The van der Waals surface area contributed by atoms with E-state index < -0.39 is 0 Å². The zero-order chi connectivity index (χ0) is 0. The van der Waals surface area contributed by atoms with Gasteiger partial charge in [0, 0.05) is 69.2 Å². The topological polar surface area (TPSA) is 0 Å². The maximum absolute atomic E-state index is 0. The van der Waals surface area contributed by atoms with Crippen molar-refractivity contribution in [1.82, 2.24) is 0 Å². The summed E-state index contributed by atoms with van der Waals surface area (Å²) in [6.07, 6.45) is 0. The monoisotopic (exact) mass is 452 g/mol. The quantitative estimate of drug-likeness (QED) is 0.429. The van der Waals surface area contributed by atoms with E-state index in [2.05, 4.69) is 0 Å². The fraction of sp³-hybridized carbons (Fsp3) is 0. The zero-order valence-corrected chi connectivity index (χ0v) is 15.1. The van der Waals surface area contributed by atoms with Crippen molar-refractivity contribution in [3.8, 4) is 0 Å². The first kappa shape index (κ1) is 22.8. The molecule has 0 aliphatic rings. The molecule has 0 fully saturated rings. The fourth-order valence-electron chi connectivity index (χ4n) is 0. The number of hydrogen-bond acceptors (Lipinski definition) is 0. The van der Waals surface area contributed by atoms with Crippen LogP contribution in [0.1, 0.15) is 5.71 Å². The molecule has 0 aliphatic heterocycles. The van der Waals surface area contributed by atoms with Crippen LogP contribution in [0.5, 0.6) is 0 Å². The Kier molecular flexibility index (Phi) is 89.8. The Morgan fingerprint density at radius 1 is 1.25 bits per heavy atom. The maximum Gasteiger partial charge on any atom is 2.00 e. The molecule has 0 aliphatic carbocycles. The third-order valence-electron chi connectivity index (χ3n) is 0. The Balaban J connectivity index is 0. The molecule has 0 saturated heterocycles. The first-order valence-corrected chi connectivity index (χ1v) is 0. The third-order valence-corrected chi connectivity index (χ3v) is 0. The van der Waals surface area contributed by atoms with Gasteiger partial charge in [-0.3, -0.25) is 0 Å². The van der Waals surface area contributed by atoms with Crippen molar-refractivity contribution in [2.75, 3.05) is 0 Å². The molecule has 0 rings (SSSR count). The second-order valence-electron chi connectivity index (χ2n) is 0. The summed E-state index contributed by atoms with van der Waals surface area (Å²) in [5.41, 5.74) is 0. The molecule has 0 unspecified atom stereocenters. The molecule has 0 heterocycles. The molecule has 4 radical (unpaired) electrons. The molecule has 4 heteroatoms. The van der Waals surface area contributed by atoms with Crippen LogP contribution in [-0.2, 0) is 0 Å². The summed E-state index contributed by atoms with van der Waals surface area (Å²) in [6, 6.07) is 0. The Morgan fingerprint density at radius 2 is 1.25 bits per heavy atom. The van der Waals surface area contributed by atoms with Crippen molar-refractivity contribution < 1.29 is 55.1 Å². The normalized spacial score (nSPS) is 0. The maximum atomic E-state index is 0. The van der Waals surface area contributed by atoms with E-state index in [0.29, 0.717) is 0 Å². The zero-order valence-electron chi connectivity index (χ0n) is 6.37. The van der Waals surface area contributed by atoms with Gasteiger partial charge in [-0.1, -0.05) is 0 Å². The average Bonchev–Trinajstić information content (AvgIpc) is 0. The summed E-state index contributed by atoms with van der Waals surface area (Å²) in [6.45, 7) is 0. The van der Waals surface area contributed by atoms with Gasteiger partial charge in [0.05, 0.1) is 0 Å². The van der Waals surface area contributed by atoms with Crippen molar-refractivity contribution in [3.63, 3.8) is 0 Å². The first-order chi connectivity index (χ1) is 0. The molecule has 0 amide bonds. The van der Waals surface area contributed by atoms with Crippen LogP contribution in [0.3, 0.4) is 0 Å². The first-order valence-electron chi connectivity index (χ1n) is 0. The van der Waals surface area contributed by atoms with E-state index >= 15 is 0 Å². The second-order valence-corrected chi connectivity index (χ2v) is 0. The van der Waals surface area contributed by atoms with E-state index in [9.17, 15) is 0 Å². The van der Waals surface area contributed by atoms with Gasteiger partial charge in [0.2, 0.25) is 0 Å². The molecule has 4 heavy (non-hydrogen) atoms. The average molecular weight is 451 g/mol. The van der Waals surface area contributed by atoms with E-state index in [1.165, 1.54) is 0 Å². The molecule has 0 bridgehead atoms. The van der Waals surface area contributed by atoms with Gasteiger partial charge in [-0.25, -0.2) is 0 Å². The standard InChI is InChI=1S/Ba.Eu.Ga.Sr.4H/q+2;;;+2;4*-1. The fourth-order valence-corrected chi connectivity index (χ4v) is 0. The minimum atomic E-state index is 0. The SMILES string of the molecule is [Ba+2].[Eu].[Ga].[H-].[H-].[H-].[H-].[Sr+2]. The van der Waals surface area contributed by atoms with Crippen molar-refractivity contribution >= 4 is 114 Å². The molecule has 0 N–H and O–H groups in total. The molecule has 0 atom stereocenters. The van der Waals surface area contributed by atoms with Crippen molar-refractivity contribution in [1.29, 1.82) is 0 Å². The van der Waals surface area contributed by atoms with Crippen LogP contribution >= 0.6 is 0 Å². The van der Waals surface area contributed by atoms with E-state index in [1.807, 2.05) is 0 Å². The largest absolute Gasteiger partial charge is 2.00 e. The van der Waals surface area contributed by atoms with Gasteiger partial charge in [-0.2, -0.15) is 0 Å². The predicted octanol–water partition coefficient (Wildman–Crippen LogP) is -0.692. The van der Waals surface area contributed by atoms with Crippen LogP contribution in [0.4, 0.5) is 0 Å². The van der Waals surface area contributed by atoms with Gasteiger partial charge in [0.1, 0.15) is 0 Å². The molecular weight excluding hydrogens is 447 g/mol. The van der Waals surface area contributed by atoms with Gasteiger partial charge in [-0.15, -0.1) is 0 Å². The number of hydrogen-bond donors (Lipinski definition) is 0. The summed E-state index contributed by atoms with van der Waals surface area (Å²) in [7, 11) is 0. The van der Waals surface area contributed by atoms with Gasteiger partial charge in [0.25, 0.3) is 0 Å². The molecule has 0 aromatic rings. The summed E-state index contributed by atoms with van der Waals surface area (Å²) in [5.74, 6) is 0. The predicted molar refractivity (Wildman–Crippen MR) is 21.7 cm³/mol. The smallest absolute Gasteiger partial charge is 1.00 e. The molecule has 18 valence electrons. The van der Waals surface area contributed by atoms with Gasteiger partial charge in [0.15, 0.2) is 0 Å². The van der Waals surface area contributed by atoms with Crippen LogP contribution in [0.2, 0.25) is 0 Å². The Hall–Kier alpha value is 5.27. The van der Waals surface area contributed by atoms with Gasteiger partial charge < -0.3 is 5.71 Å². The summed E-state index contributed by atoms with van der Waals surface area (Å²) in [5, 5.41) is 0. The van der Waals surface area contributed by atoms with Crippen LogP contribution in [0, 0.1) is 49.4 Å². The second kappa shape index (κ2) is 15.7. The van der Waals surface area contributed by atoms with E-state index in [0.717, 1.165) is 0 Å². The van der Waals surface area contributed by atoms with Gasteiger partial charge in [-0.05, 0) is 0 Å². The molecule has 0 aromatic carbocycles. The Morgan fingerprint density at radius 3 is 1.25 bits per heavy atom. The van der Waals surface area contributed by atoms with Crippen molar-refractivity contribution in [2.45, 2.75) is 0 Å². The van der Waals surface area contributed by atoms with Crippen LogP contribution in [-0.4, -0.2) is 114 Å². The number of rotatable bonds is 0. The summed E-state index contributed by atoms with van der Waals surface area (Å²) >= 11 is 0. The molecule has 0 aromatic heterocycles. The summed E-state index contributed by atoms with van der Waals surface area (Å²) < 4.78 is 0. The molecular formula is H4BaEuGaSr. The van der Waals surface area contributed by atoms with E-state index in [-0.39, 0.29) is 169 Å². The summed E-state index contributed by atoms with van der Waals surface area (Å²) in [4.78, 5) is 0. The van der Waals surface area contributed by atoms with Crippen molar-refractivity contribution in [2.24, 2.45) is 0 Å². The molecule has 0 nitrogen and oxygen atoms in total. The van der Waals surface area contributed by atoms with Crippen molar-refractivity contribution in [3.05, 3.63) is 0 Å².